The maximum absolute atomic E-state index is 9.50. The summed E-state index contributed by atoms with van der Waals surface area (Å²) in [6.45, 7) is 0.0203. The summed E-state index contributed by atoms with van der Waals surface area (Å²) < 4.78 is 0. The van der Waals surface area contributed by atoms with Gasteiger partial charge in [0.05, 0.1) is 13.2 Å². The molecule has 0 aromatic heterocycles. The number of hydrogen-bond acceptors (Lipinski definition) is 2. The van der Waals surface area contributed by atoms with Gasteiger partial charge in [0, 0.05) is 0 Å². The minimum atomic E-state index is 0.0101. The molecule has 3 aromatic carbocycles. The summed E-state index contributed by atoms with van der Waals surface area (Å²) in [4.78, 5) is 0. The second-order valence-electron chi connectivity index (χ2n) is 4.41. The third-order valence-electron chi connectivity index (χ3n) is 3.40. The summed E-state index contributed by atoms with van der Waals surface area (Å²) in [5.41, 5.74) is 1.80. The van der Waals surface area contributed by atoms with Crippen molar-refractivity contribution in [2.75, 3.05) is 0 Å². The molecule has 0 bridgehead atoms. The van der Waals surface area contributed by atoms with Gasteiger partial charge in [0.2, 0.25) is 0 Å². The molecule has 0 saturated carbocycles. The molecule has 0 fully saturated rings. The minimum Gasteiger partial charge on any atom is -0.392 e. The molecule has 2 heteroatoms. The van der Waals surface area contributed by atoms with Crippen LogP contribution in [-0.4, -0.2) is 10.2 Å². The molecule has 0 amide bonds. The molecule has 0 spiro atoms. The first-order valence-corrected chi connectivity index (χ1v) is 5.99. The van der Waals surface area contributed by atoms with Crippen LogP contribution >= 0.6 is 0 Å². The predicted molar refractivity (Wildman–Crippen MR) is 73.3 cm³/mol. The van der Waals surface area contributed by atoms with Crippen molar-refractivity contribution in [3.63, 3.8) is 0 Å². The first kappa shape index (κ1) is 11.2. The standard InChI is InChI=1S/C16H14O2/c17-9-12-5-3-7-15-13(10-18)8-11-4-1-2-6-14(11)16(12)15/h1-8,17-18H,9-10H2. The van der Waals surface area contributed by atoms with Crippen LogP contribution in [0.25, 0.3) is 21.5 Å². The fraction of sp³-hybridized carbons (Fsp3) is 0.125. The zero-order valence-corrected chi connectivity index (χ0v) is 9.93. The molecule has 3 aromatic rings. The Hall–Kier alpha value is -1.90. The van der Waals surface area contributed by atoms with Crippen molar-refractivity contribution in [1.29, 1.82) is 0 Å². The van der Waals surface area contributed by atoms with Crippen LogP contribution < -0.4 is 0 Å². The largest absolute Gasteiger partial charge is 0.392 e. The Morgan fingerprint density at radius 3 is 2.22 bits per heavy atom. The summed E-state index contributed by atoms with van der Waals surface area (Å²) in [6, 6.07) is 15.9. The van der Waals surface area contributed by atoms with Crippen LogP contribution in [0.15, 0.2) is 48.5 Å². The molecule has 2 N–H and O–H groups in total. The van der Waals surface area contributed by atoms with Gasteiger partial charge in [-0.05, 0) is 38.7 Å². The summed E-state index contributed by atoms with van der Waals surface area (Å²) in [5, 5.41) is 23.3. The van der Waals surface area contributed by atoms with Gasteiger partial charge < -0.3 is 10.2 Å². The molecule has 0 aliphatic carbocycles. The fourth-order valence-corrected chi connectivity index (χ4v) is 2.56. The molecule has 0 saturated heterocycles. The van der Waals surface area contributed by atoms with Crippen LogP contribution in [-0.2, 0) is 13.2 Å². The van der Waals surface area contributed by atoms with Gasteiger partial charge in [-0.25, -0.2) is 0 Å². The van der Waals surface area contributed by atoms with Gasteiger partial charge in [0.25, 0.3) is 0 Å². The minimum absolute atomic E-state index is 0.0101. The highest BCUT2D eigenvalue weighted by atomic mass is 16.3. The smallest absolute Gasteiger partial charge is 0.0688 e. The van der Waals surface area contributed by atoms with Gasteiger partial charge in [-0.3, -0.25) is 0 Å². The lowest BCUT2D eigenvalue weighted by Gasteiger charge is -2.11. The van der Waals surface area contributed by atoms with E-state index in [0.717, 1.165) is 32.7 Å². The van der Waals surface area contributed by atoms with E-state index in [-0.39, 0.29) is 13.2 Å². The lowest BCUT2D eigenvalue weighted by molar-refractivity contribution is 0.282. The van der Waals surface area contributed by atoms with E-state index in [1.54, 1.807) is 0 Å². The Bertz CT molecular complexity index is 715. The molecular weight excluding hydrogens is 224 g/mol. The molecule has 0 atom stereocenters. The zero-order valence-electron chi connectivity index (χ0n) is 9.93. The highest BCUT2D eigenvalue weighted by molar-refractivity contribution is 6.10. The zero-order chi connectivity index (χ0) is 12.5. The Balaban J connectivity index is 2.58. The Morgan fingerprint density at radius 1 is 0.722 bits per heavy atom. The second kappa shape index (κ2) is 4.41. The molecule has 0 aliphatic rings. The second-order valence-corrected chi connectivity index (χ2v) is 4.41. The van der Waals surface area contributed by atoms with Crippen molar-refractivity contribution in [3.05, 3.63) is 59.7 Å². The third-order valence-corrected chi connectivity index (χ3v) is 3.40. The molecule has 0 radical (unpaired) electrons. The van der Waals surface area contributed by atoms with Gasteiger partial charge in [0.15, 0.2) is 0 Å². The lowest BCUT2D eigenvalue weighted by Crippen LogP contribution is -1.92. The highest BCUT2D eigenvalue weighted by Gasteiger charge is 2.08. The Morgan fingerprint density at radius 2 is 1.44 bits per heavy atom. The van der Waals surface area contributed by atoms with E-state index < -0.39 is 0 Å². The molecular formula is C16H14O2. The number of fused-ring (bicyclic) bond motifs is 3. The van der Waals surface area contributed by atoms with E-state index in [2.05, 4.69) is 6.07 Å². The van der Waals surface area contributed by atoms with Gasteiger partial charge in [-0.15, -0.1) is 0 Å². The maximum atomic E-state index is 9.50. The van der Waals surface area contributed by atoms with E-state index in [9.17, 15) is 10.2 Å². The SMILES string of the molecule is OCc1cc2ccccc2c2c(CO)cccc12. The van der Waals surface area contributed by atoms with Crippen LogP contribution in [0.2, 0.25) is 0 Å². The number of rotatable bonds is 2. The van der Waals surface area contributed by atoms with Crippen molar-refractivity contribution in [1.82, 2.24) is 0 Å². The van der Waals surface area contributed by atoms with Crippen molar-refractivity contribution in [2.45, 2.75) is 13.2 Å². The summed E-state index contributed by atoms with van der Waals surface area (Å²) >= 11 is 0. The number of benzene rings is 3. The van der Waals surface area contributed by atoms with E-state index in [1.807, 2.05) is 42.5 Å². The van der Waals surface area contributed by atoms with Gasteiger partial charge in [-0.2, -0.15) is 0 Å². The number of aliphatic hydroxyl groups is 2. The lowest BCUT2D eigenvalue weighted by atomic mass is 9.94. The molecule has 0 unspecified atom stereocenters. The average molecular weight is 238 g/mol. The first-order valence-electron chi connectivity index (χ1n) is 5.99. The van der Waals surface area contributed by atoms with E-state index in [4.69, 9.17) is 0 Å². The van der Waals surface area contributed by atoms with E-state index >= 15 is 0 Å². The topological polar surface area (TPSA) is 40.5 Å². The summed E-state index contributed by atoms with van der Waals surface area (Å²) in [5.74, 6) is 0. The summed E-state index contributed by atoms with van der Waals surface area (Å²) in [6.07, 6.45) is 0. The number of hydrogen-bond donors (Lipinski definition) is 2. The first-order chi connectivity index (χ1) is 8.85. The van der Waals surface area contributed by atoms with Crippen molar-refractivity contribution >= 4 is 21.5 Å². The van der Waals surface area contributed by atoms with Gasteiger partial charge >= 0.3 is 0 Å². The highest BCUT2D eigenvalue weighted by Crippen LogP contribution is 2.31. The van der Waals surface area contributed by atoms with Crippen LogP contribution in [0.3, 0.4) is 0 Å². The van der Waals surface area contributed by atoms with Crippen molar-refractivity contribution < 1.29 is 10.2 Å². The van der Waals surface area contributed by atoms with Crippen LogP contribution in [0.5, 0.6) is 0 Å². The number of aliphatic hydroxyl groups excluding tert-OH is 2. The van der Waals surface area contributed by atoms with E-state index in [0.29, 0.717) is 0 Å². The third kappa shape index (κ3) is 1.58. The molecule has 3 rings (SSSR count). The quantitative estimate of drug-likeness (QED) is 0.674. The van der Waals surface area contributed by atoms with Crippen LogP contribution in [0.4, 0.5) is 0 Å². The van der Waals surface area contributed by atoms with Crippen LogP contribution in [0.1, 0.15) is 11.1 Å². The van der Waals surface area contributed by atoms with Gasteiger partial charge in [0.1, 0.15) is 0 Å². The molecule has 18 heavy (non-hydrogen) atoms. The normalized spacial score (nSPS) is 11.2. The summed E-state index contributed by atoms with van der Waals surface area (Å²) in [7, 11) is 0. The van der Waals surface area contributed by atoms with Gasteiger partial charge in [-0.1, -0.05) is 42.5 Å². The Labute approximate surface area is 105 Å². The molecule has 0 aliphatic heterocycles. The average Bonchev–Trinajstić information content (AvgIpc) is 2.45. The fourth-order valence-electron chi connectivity index (χ4n) is 2.56. The Kier molecular flexibility index (Phi) is 2.74. The molecule has 2 nitrogen and oxygen atoms in total. The molecule has 0 heterocycles. The predicted octanol–water partition coefficient (Wildman–Crippen LogP) is 2.98. The van der Waals surface area contributed by atoms with Crippen molar-refractivity contribution in [3.8, 4) is 0 Å². The van der Waals surface area contributed by atoms with Crippen LogP contribution in [0, 0.1) is 0 Å². The van der Waals surface area contributed by atoms with E-state index in [1.165, 1.54) is 0 Å². The monoisotopic (exact) mass is 238 g/mol. The molecule has 90 valence electrons. The van der Waals surface area contributed by atoms with Crippen molar-refractivity contribution in [2.24, 2.45) is 0 Å². The maximum Gasteiger partial charge on any atom is 0.0688 e.